The van der Waals surface area contributed by atoms with Crippen LogP contribution in [0.15, 0.2) is 18.2 Å². The van der Waals surface area contributed by atoms with E-state index in [1.807, 2.05) is 0 Å². The van der Waals surface area contributed by atoms with Crippen LogP contribution in [0.2, 0.25) is 0 Å². The van der Waals surface area contributed by atoms with E-state index in [4.69, 9.17) is 4.74 Å². The highest BCUT2D eigenvalue weighted by Gasteiger charge is 2.27. The van der Waals surface area contributed by atoms with Gasteiger partial charge in [-0.25, -0.2) is 4.39 Å². The summed E-state index contributed by atoms with van der Waals surface area (Å²) in [5, 5.41) is 3.44. The zero-order valence-corrected chi connectivity index (χ0v) is 12.3. The van der Waals surface area contributed by atoms with E-state index < -0.39 is 0 Å². The molecule has 1 saturated heterocycles. The van der Waals surface area contributed by atoms with E-state index in [0.29, 0.717) is 12.6 Å². The maximum absolute atomic E-state index is 13.8. The molecule has 20 heavy (non-hydrogen) atoms. The average Bonchev–Trinajstić information content (AvgIpc) is 3.18. The van der Waals surface area contributed by atoms with Crippen molar-refractivity contribution in [2.45, 2.75) is 44.9 Å². The van der Waals surface area contributed by atoms with Crippen LogP contribution >= 0.6 is 0 Å². The molecule has 2 fully saturated rings. The zero-order chi connectivity index (χ0) is 14.2. The highest BCUT2D eigenvalue weighted by Crippen LogP contribution is 2.25. The van der Waals surface area contributed by atoms with Crippen molar-refractivity contribution in [1.82, 2.24) is 5.32 Å². The second-order valence-corrected chi connectivity index (χ2v) is 6.50. The van der Waals surface area contributed by atoms with Gasteiger partial charge in [-0.2, -0.15) is 0 Å². The number of nitrogens with one attached hydrogen (secondary N) is 1. The van der Waals surface area contributed by atoms with Gasteiger partial charge < -0.3 is 15.0 Å². The van der Waals surface area contributed by atoms with Gasteiger partial charge in [0, 0.05) is 31.4 Å². The molecule has 1 aromatic carbocycles. The fraction of sp³-hybridized carbons (Fsp3) is 0.625. The number of ether oxygens (including phenoxy) is 1. The number of hydrogen-bond acceptors (Lipinski definition) is 3. The van der Waals surface area contributed by atoms with E-state index in [1.165, 1.54) is 12.8 Å². The van der Waals surface area contributed by atoms with E-state index in [0.717, 1.165) is 30.9 Å². The van der Waals surface area contributed by atoms with Crippen molar-refractivity contribution in [3.63, 3.8) is 0 Å². The Bertz CT molecular complexity index is 485. The summed E-state index contributed by atoms with van der Waals surface area (Å²) in [6, 6.07) is 6.00. The Morgan fingerprint density at radius 2 is 2.15 bits per heavy atom. The lowest BCUT2D eigenvalue weighted by molar-refractivity contribution is -0.0277. The number of anilines is 1. The SMILES string of the molecule is CC1(C)CN(c2cc(F)cc(CNC3CC3)c2)CCO1. The Balaban J connectivity index is 1.74. The normalized spacial score (nSPS) is 22.1. The van der Waals surface area contributed by atoms with Crippen LogP contribution in [0.4, 0.5) is 10.1 Å². The standard InChI is InChI=1S/C16H23FN2O/c1-16(2)11-19(5-6-20-16)15-8-12(7-13(17)9-15)10-18-14-3-4-14/h7-9,14,18H,3-6,10-11H2,1-2H3. The number of halogens is 1. The third-order valence-electron chi connectivity index (χ3n) is 3.91. The quantitative estimate of drug-likeness (QED) is 0.916. The molecule has 1 aromatic rings. The minimum atomic E-state index is -0.170. The monoisotopic (exact) mass is 278 g/mol. The number of rotatable bonds is 4. The molecule has 1 aliphatic carbocycles. The summed E-state index contributed by atoms with van der Waals surface area (Å²) in [7, 11) is 0. The molecule has 0 radical (unpaired) electrons. The molecule has 110 valence electrons. The van der Waals surface area contributed by atoms with Gasteiger partial charge in [0.1, 0.15) is 5.82 Å². The first-order valence-corrected chi connectivity index (χ1v) is 7.44. The van der Waals surface area contributed by atoms with Gasteiger partial charge in [-0.1, -0.05) is 0 Å². The molecular formula is C16H23FN2O. The zero-order valence-electron chi connectivity index (χ0n) is 12.3. The van der Waals surface area contributed by atoms with E-state index in [2.05, 4.69) is 30.1 Å². The molecule has 1 N–H and O–H groups in total. The van der Waals surface area contributed by atoms with Crippen molar-refractivity contribution >= 4 is 5.69 Å². The average molecular weight is 278 g/mol. The van der Waals surface area contributed by atoms with Gasteiger partial charge in [0.15, 0.2) is 0 Å². The molecule has 2 aliphatic rings. The van der Waals surface area contributed by atoms with Crippen molar-refractivity contribution < 1.29 is 9.13 Å². The summed E-state index contributed by atoms with van der Waals surface area (Å²) in [5.74, 6) is -0.153. The number of nitrogens with zero attached hydrogens (tertiary/aromatic N) is 1. The smallest absolute Gasteiger partial charge is 0.125 e. The van der Waals surface area contributed by atoms with E-state index >= 15 is 0 Å². The molecule has 0 aromatic heterocycles. The first-order valence-electron chi connectivity index (χ1n) is 7.44. The third kappa shape index (κ3) is 3.49. The fourth-order valence-electron chi connectivity index (χ4n) is 2.70. The summed E-state index contributed by atoms with van der Waals surface area (Å²) in [6.45, 7) is 7.22. The molecular weight excluding hydrogens is 255 g/mol. The van der Waals surface area contributed by atoms with Gasteiger partial charge in [-0.3, -0.25) is 0 Å². The van der Waals surface area contributed by atoms with Gasteiger partial charge >= 0.3 is 0 Å². The van der Waals surface area contributed by atoms with Gasteiger partial charge in [-0.05, 0) is 50.5 Å². The van der Waals surface area contributed by atoms with Gasteiger partial charge in [0.05, 0.1) is 12.2 Å². The van der Waals surface area contributed by atoms with E-state index in [-0.39, 0.29) is 11.4 Å². The topological polar surface area (TPSA) is 24.5 Å². The van der Waals surface area contributed by atoms with Crippen LogP contribution in [-0.4, -0.2) is 31.3 Å². The Hall–Kier alpha value is -1.13. The van der Waals surface area contributed by atoms with Crippen molar-refractivity contribution in [2.24, 2.45) is 0 Å². The lowest BCUT2D eigenvalue weighted by atomic mass is 10.1. The predicted molar refractivity (Wildman–Crippen MR) is 78.5 cm³/mol. The summed E-state index contributed by atoms with van der Waals surface area (Å²) < 4.78 is 19.5. The molecule has 0 spiro atoms. The highest BCUT2D eigenvalue weighted by atomic mass is 19.1. The molecule has 1 heterocycles. The van der Waals surface area contributed by atoms with Gasteiger partial charge in [0.25, 0.3) is 0 Å². The van der Waals surface area contributed by atoms with Crippen LogP contribution in [0, 0.1) is 5.82 Å². The molecule has 0 amide bonds. The van der Waals surface area contributed by atoms with Gasteiger partial charge in [0.2, 0.25) is 0 Å². The van der Waals surface area contributed by atoms with Crippen LogP contribution < -0.4 is 10.2 Å². The molecule has 0 bridgehead atoms. The molecule has 3 nitrogen and oxygen atoms in total. The van der Waals surface area contributed by atoms with Crippen molar-refractivity contribution in [3.8, 4) is 0 Å². The minimum Gasteiger partial charge on any atom is -0.372 e. The molecule has 3 rings (SSSR count). The Labute approximate surface area is 120 Å². The first kappa shape index (κ1) is 13.8. The van der Waals surface area contributed by atoms with E-state index in [9.17, 15) is 4.39 Å². The maximum atomic E-state index is 13.8. The first-order chi connectivity index (χ1) is 9.52. The van der Waals surface area contributed by atoms with Gasteiger partial charge in [-0.15, -0.1) is 0 Å². The third-order valence-corrected chi connectivity index (χ3v) is 3.91. The molecule has 0 atom stereocenters. The Morgan fingerprint density at radius 3 is 2.85 bits per heavy atom. The summed E-state index contributed by atoms with van der Waals surface area (Å²) in [6.07, 6.45) is 2.50. The van der Waals surface area contributed by atoms with Crippen LogP contribution in [0.25, 0.3) is 0 Å². The Kier molecular flexibility index (Phi) is 3.69. The second kappa shape index (κ2) is 5.34. The summed E-state index contributed by atoms with van der Waals surface area (Å²) >= 11 is 0. The van der Waals surface area contributed by atoms with E-state index in [1.54, 1.807) is 12.1 Å². The van der Waals surface area contributed by atoms with Crippen LogP contribution in [-0.2, 0) is 11.3 Å². The molecule has 0 unspecified atom stereocenters. The predicted octanol–water partition coefficient (Wildman–Crippen LogP) is 2.69. The minimum absolute atomic E-state index is 0.153. The molecule has 1 aliphatic heterocycles. The largest absolute Gasteiger partial charge is 0.372 e. The number of morpholine rings is 1. The second-order valence-electron chi connectivity index (χ2n) is 6.50. The van der Waals surface area contributed by atoms with Crippen molar-refractivity contribution in [3.05, 3.63) is 29.6 Å². The maximum Gasteiger partial charge on any atom is 0.125 e. The summed E-state index contributed by atoms with van der Waals surface area (Å²) in [5.41, 5.74) is 1.82. The highest BCUT2D eigenvalue weighted by molar-refractivity contribution is 5.50. The van der Waals surface area contributed by atoms with Crippen molar-refractivity contribution in [2.75, 3.05) is 24.6 Å². The lowest BCUT2D eigenvalue weighted by Crippen LogP contribution is -2.48. The number of hydrogen-bond donors (Lipinski definition) is 1. The Morgan fingerprint density at radius 1 is 1.35 bits per heavy atom. The van der Waals surface area contributed by atoms with Crippen molar-refractivity contribution in [1.29, 1.82) is 0 Å². The van der Waals surface area contributed by atoms with Crippen LogP contribution in [0.5, 0.6) is 0 Å². The summed E-state index contributed by atoms with van der Waals surface area (Å²) in [4.78, 5) is 2.22. The van der Waals surface area contributed by atoms with Crippen LogP contribution in [0.3, 0.4) is 0 Å². The number of benzene rings is 1. The van der Waals surface area contributed by atoms with Crippen LogP contribution in [0.1, 0.15) is 32.3 Å². The fourth-order valence-corrected chi connectivity index (χ4v) is 2.70. The molecule has 4 heteroatoms. The molecule has 1 saturated carbocycles. The lowest BCUT2D eigenvalue weighted by Gasteiger charge is -2.39.